The van der Waals surface area contributed by atoms with Crippen molar-refractivity contribution in [3.63, 3.8) is 0 Å². The number of amides is 1. The molecular weight excluding hydrogens is 383 g/mol. The maximum Gasteiger partial charge on any atom is 0.264 e. The van der Waals surface area contributed by atoms with Gasteiger partial charge in [-0.05, 0) is 53.7 Å². The number of aliphatic imine (C=N–C) groups is 1. The number of hydrogen-bond donors (Lipinski definition) is 2. The van der Waals surface area contributed by atoms with Crippen molar-refractivity contribution in [2.45, 2.75) is 0 Å². The second-order valence-corrected chi connectivity index (χ2v) is 6.88. The van der Waals surface area contributed by atoms with Crippen LogP contribution in [0.2, 0.25) is 10.0 Å². The fourth-order valence-electron chi connectivity index (χ4n) is 2.09. The molecule has 0 bridgehead atoms. The summed E-state index contributed by atoms with van der Waals surface area (Å²) < 4.78 is 5.06. The van der Waals surface area contributed by atoms with Crippen molar-refractivity contribution in [3.05, 3.63) is 56.9 Å². The second kappa shape index (κ2) is 7.39. The zero-order valence-corrected chi connectivity index (χ0v) is 15.2. The first kappa shape index (κ1) is 17.7. The smallest absolute Gasteiger partial charge is 0.264 e. The fourth-order valence-corrected chi connectivity index (χ4v) is 3.26. The van der Waals surface area contributed by atoms with E-state index in [-0.39, 0.29) is 17.4 Å². The lowest BCUT2D eigenvalue weighted by molar-refractivity contribution is -0.115. The molecule has 1 aliphatic heterocycles. The Morgan fingerprint density at radius 2 is 1.96 bits per heavy atom. The van der Waals surface area contributed by atoms with Crippen molar-refractivity contribution in [1.82, 2.24) is 5.32 Å². The van der Waals surface area contributed by atoms with Crippen molar-refractivity contribution in [2.75, 3.05) is 7.11 Å². The molecule has 1 aliphatic rings. The molecule has 2 aromatic rings. The highest BCUT2D eigenvalue weighted by Gasteiger charge is 2.24. The van der Waals surface area contributed by atoms with Gasteiger partial charge in [-0.2, -0.15) is 0 Å². The molecule has 25 heavy (non-hydrogen) atoms. The summed E-state index contributed by atoms with van der Waals surface area (Å²) in [5, 5.41) is 13.8. The first-order valence-corrected chi connectivity index (χ1v) is 8.65. The molecule has 1 amide bonds. The van der Waals surface area contributed by atoms with Gasteiger partial charge in [-0.1, -0.05) is 23.2 Å². The van der Waals surface area contributed by atoms with Gasteiger partial charge < -0.3 is 15.2 Å². The molecule has 0 spiro atoms. The summed E-state index contributed by atoms with van der Waals surface area (Å²) in [5.41, 5.74) is 1.24. The summed E-state index contributed by atoms with van der Waals surface area (Å²) >= 11 is 13.2. The number of carbonyl (C=O) groups excluding carboxylic acids is 1. The maximum absolute atomic E-state index is 12.1. The van der Waals surface area contributed by atoms with Gasteiger partial charge in [-0.3, -0.25) is 4.79 Å². The molecule has 1 saturated heterocycles. The molecule has 0 radical (unpaired) electrons. The van der Waals surface area contributed by atoms with Gasteiger partial charge in [0.25, 0.3) is 5.91 Å². The first-order valence-electron chi connectivity index (χ1n) is 7.08. The normalized spacial score (nSPS) is 17.2. The predicted molar refractivity (Wildman–Crippen MR) is 102 cm³/mol. The van der Waals surface area contributed by atoms with Gasteiger partial charge in [0, 0.05) is 11.1 Å². The maximum atomic E-state index is 12.1. The lowest BCUT2D eigenvalue weighted by Crippen LogP contribution is -2.19. The summed E-state index contributed by atoms with van der Waals surface area (Å²) in [6.07, 6.45) is 1.62. The molecular formula is C17H12Cl2N2O3S. The Hall–Kier alpha value is -2.15. The number of nitrogens with one attached hydrogen (secondary N) is 1. The topological polar surface area (TPSA) is 70.9 Å². The van der Waals surface area contributed by atoms with Gasteiger partial charge in [0.05, 0.1) is 22.7 Å². The van der Waals surface area contributed by atoms with Gasteiger partial charge in [0.15, 0.2) is 16.7 Å². The highest BCUT2D eigenvalue weighted by molar-refractivity contribution is 8.18. The highest BCUT2D eigenvalue weighted by atomic mass is 35.5. The van der Waals surface area contributed by atoms with Crippen molar-refractivity contribution < 1.29 is 14.6 Å². The molecule has 128 valence electrons. The van der Waals surface area contributed by atoms with Crippen LogP contribution in [0, 0.1) is 0 Å². The Kier molecular flexibility index (Phi) is 5.22. The second-order valence-electron chi connectivity index (χ2n) is 5.00. The molecule has 2 N–H and O–H groups in total. The molecule has 3 rings (SSSR count). The fraction of sp³-hybridized carbons (Fsp3) is 0.0588. The van der Waals surface area contributed by atoms with Crippen LogP contribution in [0.5, 0.6) is 11.5 Å². The number of ether oxygens (including phenoxy) is 1. The van der Waals surface area contributed by atoms with E-state index >= 15 is 0 Å². The summed E-state index contributed by atoms with van der Waals surface area (Å²) in [4.78, 5) is 16.9. The van der Waals surface area contributed by atoms with E-state index in [1.54, 1.807) is 36.4 Å². The zero-order valence-electron chi connectivity index (χ0n) is 12.9. The Morgan fingerprint density at radius 1 is 1.24 bits per heavy atom. The van der Waals surface area contributed by atoms with Crippen LogP contribution in [0.25, 0.3) is 6.08 Å². The molecule has 2 aromatic carbocycles. The Balaban J connectivity index is 1.88. The molecule has 0 aromatic heterocycles. The highest BCUT2D eigenvalue weighted by Crippen LogP contribution is 2.35. The Bertz CT molecular complexity index is 896. The van der Waals surface area contributed by atoms with Gasteiger partial charge in [0.2, 0.25) is 0 Å². The lowest BCUT2D eigenvalue weighted by Gasteiger charge is -2.06. The number of halogens is 2. The summed E-state index contributed by atoms with van der Waals surface area (Å²) in [5.74, 6) is -0.0706. The van der Waals surface area contributed by atoms with Crippen LogP contribution in [0.4, 0.5) is 5.69 Å². The number of phenolic OH excluding ortho intramolecular Hbond substituents is 1. The molecule has 0 unspecified atom stereocenters. The lowest BCUT2D eigenvalue weighted by atomic mass is 10.2. The summed E-state index contributed by atoms with van der Waals surface area (Å²) in [6.45, 7) is 0. The molecule has 5 nitrogen and oxygen atoms in total. The molecule has 1 heterocycles. The number of aromatic hydroxyl groups is 1. The average molecular weight is 395 g/mol. The minimum Gasteiger partial charge on any atom is -0.504 e. The van der Waals surface area contributed by atoms with Crippen LogP contribution in [-0.4, -0.2) is 23.3 Å². The van der Waals surface area contributed by atoms with E-state index in [2.05, 4.69) is 10.3 Å². The third-order valence-electron chi connectivity index (χ3n) is 3.29. The van der Waals surface area contributed by atoms with Crippen LogP contribution in [-0.2, 0) is 4.79 Å². The number of amidine groups is 1. The number of nitrogens with zero attached hydrogens (tertiary/aromatic N) is 1. The van der Waals surface area contributed by atoms with Gasteiger partial charge >= 0.3 is 0 Å². The van der Waals surface area contributed by atoms with E-state index in [1.165, 1.54) is 24.9 Å². The zero-order chi connectivity index (χ0) is 18.0. The SMILES string of the molecule is COc1cc(C=C2SC(=Nc3ccc(Cl)cc3)NC2=O)c(Cl)cc1O. The van der Waals surface area contributed by atoms with Crippen molar-refractivity contribution in [2.24, 2.45) is 4.99 Å². The molecule has 8 heteroatoms. The van der Waals surface area contributed by atoms with Crippen LogP contribution in [0.15, 0.2) is 46.3 Å². The third kappa shape index (κ3) is 4.10. The van der Waals surface area contributed by atoms with Gasteiger partial charge in [-0.25, -0.2) is 4.99 Å². The number of hydrogen-bond acceptors (Lipinski definition) is 5. The van der Waals surface area contributed by atoms with Crippen LogP contribution >= 0.6 is 35.0 Å². The minimum atomic E-state index is -0.277. The number of rotatable bonds is 3. The van der Waals surface area contributed by atoms with E-state index in [4.69, 9.17) is 27.9 Å². The average Bonchev–Trinajstić information content (AvgIpc) is 2.91. The van der Waals surface area contributed by atoms with E-state index < -0.39 is 0 Å². The molecule has 0 atom stereocenters. The van der Waals surface area contributed by atoms with Crippen molar-refractivity contribution in [1.29, 1.82) is 0 Å². The van der Waals surface area contributed by atoms with Crippen LogP contribution < -0.4 is 10.1 Å². The largest absolute Gasteiger partial charge is 0.504 e. The number of thioether (sulfide) groups is 1. The standard InChI is InChI=1S/C17H12Cl2N2O3S/c1-24-14-6-9(12(19)8-13(14)22)7-15-16(23)21-17(25-15)20-11-4-2-10(18)3-5-11/h2-8,22H,1H3,(H,20,21,23). The molecule has 0 saturated carbocycles. The van der Waals surface area contributed by atoms with E-state index in [1.807, 2.05) is 0 Å². The monoisotopic (exact) mass is 394 g/mol. The van der Waals surface area contributed by atoms with Gasteiger partial charge in [-0.15, -0.1) is 0 Å². The first-order chi connectivity index (χ1) is 12.0. The predicted octanol–water partition coefficient (Wildman–Crippen LogP) is 4.60. The number of carbonyl (C=O) groups is 1. The van der Waals surface area contributed by atoms with Crippen LogP contribution in [0.3, 0.4) is 0 Å². The summed E-state index contributed by atoms with van der Waals surface area (Å²) in [6, 6.07) is 9.89. The van der Waals surface area contributed by atoms with E-state index in [0.29, 0.717) is 31.4 Å². The minimum absolute atomic E-state index is 0.0665. The Labute approximate surface area is 158 Å². The Morgan fingerprint density at radius 3 is 2.64 bits per heavy atom. The summed E-state index contributed by atoms with van der Waals surface area (Å²) in [7, 11) is 1.44. The van der Waals surface area contributed by atoms with Crippen molar-refractivity contribution >= 4 is 57.8 Å². The molecule has 0 aliphatic carbocycles. The van der Waals surface area contributed by atoms with E-state index in [9.17, 15) is 9.90 Å². The van der Waals surface area contributed by atoms with Gasteiger partial charge in [0.1, 0.15) is 0 Å². The quantitative estimate of drug-likeness (QED) is 0.746. The number of methoxy groups -OCH3 is 1. The number of benzene rings is 2. The van der Waals surface area contributed by atoms with Crippen LogP contribution in [0.1, 0.15) is 5.56 Å². The van der Waals surface area contributed by atoms with Crippen molar-refractivity contribution in [3.8, 4) is 11.5 Å². The number of phenols is 1. The molecule has 1 fully saturated rings. The third-order valence-corrected chi connectivity index (χ3v) is 4.78. The van der Waals surface area contributed by atoms with E-state index in [0.717, 1.165) is 0 Å².